The van der Waals surface area contributed by atoms with Crippen LogP contribution in [0.2, 0.25) is 0 Å². The van der Waals surface area contributed by atoms with Gasteiger partial charge >= 0.3 is 5.97 Å². The predicted octanol–water partition coefficient (Wildman–Crippen LogP) is 2.95. The number of rotatable bonds is 2. The minimum atomic E-state index is -0.272. The zero-order chi connectivity index (χ0) is 15.3. The van der Waals surface area contributed by atoms with Gasteiger partial charge in [-0.2, -0.15) is 0 Å². The number of aromatic amines is 1. The summed E-state index contributed by atoms with van der Waals surface area (Å²) in [6.45, 7) is 0. The topological polar surface area (TPSA) is 45.3 Å². The van der Waals surface area contributed by atoms with E-state index in [0.717, 1.165) is 18.2 Å². The molecule has 4 nitrogen and oxygen atoms in total. The summed E-state index contributed by atoms with van der Waals surface area (Å²) in [4.78, 5) is 17.9. The molecule has 3 heterocycles. The molecule has 2 aliphatic heterocycles. The van der Waals surface area contributed by atoms with Gasteiger partial charge in [0, 0.05) is 42.0 Å². The quantitative estimate of drug-likeness (QED) is 0.863. The molecule has 1 N–H and O–H groups in total. The Morgan fingerprint density at radius 3 is 2.90 bits per heavy atom. The van der Waals surface area contributed by atoms with Crippen LogP contribution in [-0.4, -0.2) is 41.1 Å². The van der Waals surface area contributed by atoms with E-state index in [4.69, 9.17) is 6.11 Å². The normalized spacial score (nSPS) is 29.6. The Morgan fingerprint density at radius 2 is 2.14 bits per heavy atom. The van der Waals surface area contributed by atoms with Gasteiger partial charge in [0.05, 0.1) is 6.93 Å². The second-order valence-electron chi connectivity index (χ2n) is 6.21. The molecule has 4 heteroatoms. The van der Waals surface area contributed by atoms with E-state index in [1.54, 1.807) is 18.3 Å². The zero-order valence-corrected chi connectivity index (χ0v) is 12.1. The highest BCUT2D eigenvalue weighted by atomic mass is 16.5. The van der Waals surface area contributed by atoms with Crippen LogP contribution in [0.4, 0.5) is 0 Å². The lowest BCUT2D eigenvalue weighted by Gasteiger charge is -2.35. The molecule has 2 unspecified atom stereocenters. The van der Waals surface area contributed by atoms with E-state index < -0.39 is 0 Å². The molecule has 0 radical (unpaired) electrons. The van der Waals surface area contributed by atoms with E-state index in [1.165, 1.54) is 12.8 Å². The van der Waals surface area contributed by atoms with Gasteiger partial charge in [-0.3, -0.25) is 0 Å². The fourth-order valence-corrected chi connectivity index (χ4v) is 3.84. The van der Waals surface area contributed by atoms with Crippen LogP contribution >= 0.6 is 0 Å². The smallest absolute Gasteiger partial charge is 0.340 e. The van der Waals surface area contributed by atoms with Crippen molar-refractivity contribution in [3.05, 3.63) is 36.0 Å². The minimum absolute atomic E-state index is 0.0188. The molecule has 110 valence electrons. The predicted molar refractivity (Wildman–Crippen MR) is 81.3 cm³/mol. The van der Waals surface area contributed by atoms with Gasteiger partial charge in [-0.1, -0.05) is 18.2 Å². The maximum absolute atomic E-state index is 12.5. The summed E-state index contributed by atoms with van der Waals surface area (Å²) < 4.78 is 13.6. The molecule has 2 aliphatic rings. The van der Waals surface area contributed by atoms with Crippen LogP contribution in [0.5, 0.6) is 0 Å². The van der Waals surface area contributed by atoms with Crippen molar-refractivity contribution in [3.63, 3.8) is 0 Å². The Morgan fingerprint density at radius 1 is 1.38 bits per heavy atom. The van der Waals surface area contributed by atoms with Crippen molar-refractivity contribution >= 4 is 16.9 Å². The van der Waals surface area contributed by atoms with Crippen LogP contribution < -0.4 is 0 Å². The number of hydrogen-bond donors (Lipinski definition) is 1. The fourth-order valence-electron chi connectivity index (χ4n) is 3.84. The summed E-state index contributed by atoms with van der Waals surface area (Å²) in [6, 6.07) is 6.87. The Balaban J connectivity index is 1.54. The highest BCUT2D eigenvalue weighted by molar-refractivity contribution is 6.04. The SMILES string of the molecule is [2H]c1cccc2c(C(=O)OC3CC4CCC(C3)N4C)c[nH]c12. The van der Waals surface area contributed by atoms with Crippen LogP contribution in [0.3, 0.4) is 0 Å². The van der Waals surface area contributed by atoms with E-state index in [0.29, 0.717) is 29.2 Å². The lowest BCUT2D eigenvalue weighted by Crippen LogP contribution is -2.43. The van der Waals surface area contributed by atoms with E-state index in [1.807, 2.05) is 6.07 Å². The van der Waals surface area contributed by atoms with Gasteiger partial charge in [-0.25, -0.2) is 4.79 Å². The van der Waals surface area contributed by atoms with E-state index in [9.17, 15) is 4.79 Å². The third kappa shape index (κ3) is 2.14. The summed E-state index contributed by atoms with van der Waals surface area (Å²) in [7, 11) is 2.18. The standard InChI is InChI=1S/C17H20N2O2/c1-19-11-6-7-12(19)9-13(8-11)21-17(20)15-10-18-16-5-3-2-4-14(15)16/h2-5,10-13,18H,6-9H2,1H3/i5D. The molecular formula is C17H20N2O2. The lowest BCUT2D eigenvalue weighted by atomic mass is 10.0. The zero-order valence-electron chi connectivity index (χ0n) is 13.1. The molecule has 0 aliphatic carbocycles. The maximum Gasteiger partial charge on any atom is 0.340 e. The summed E-state index contributed by atoms with van der Waals surface area (Å²) in [6.07, 6.45) is 5.98. The highest BCUT2D eigenvalue weighted by Gasteiger charge is 2.40. The second-order valence-corrected chi connectivity index (χ2v) is 6.21. The molecule has 2 fully saturated rings. The average molecular weight is 285 g/mol. The van der Waals surface area contributed by atoms with Crippen molar-refractivity contribution in [2.45, 2.75) is 43.9 Å². The van der Waals surface area contributed by atoms with Gasteiger partial charge in [-0.05, 0) is 25.9 Å². The van der Waals surface area contributed by atoms with Crippen molar-refractivity contribution in [3.8, 4) is 0 Å². The molecule has 0 saturated carbocycles. The molecule has 2 bridgehead atoms. The maximum atomic E-state index is 12.5. The molecule has 0 spiro atoms. The first kappa shape index (κ1) is 11.8. The molecule has 21 heavy (non-hydrogen) atoms. The number of para-hydroxylation sites is 1. The molecular weight excluding hydrogens is 264 g/mol. The molecule has 1 aromatic heterocycles. The van der Waals surface area contributed by atoms with Crippen LogP contribution in [0.15, 0.2) is 30.4 Å². The van der Waals surface area contributed by atoms with Crippen LogP contribution in [0.1, 0.15) is 37.4 Å². The number of carbonyl (C=O) groups is 1. The summed E-state index contributed by atoms with van der Waals surface area (Å²) in [5.74, 6) is -0.272. The lowest BCUT2D eigenvalue weighted by molar-refractivity contribution is -0.000258. The average Bonchev–Trinajstić information content (AvgIpc) is 2.99. The third-order valence-corrected chi connectivity index (χ3v) is 5.06. The second kappa shape index (κ2) is 4.88. The largest absolute Gasteiger partial charge is 0.459 e. The number of ether oxygens (including phenoxy) is 1. The summed E-state index contributed by atoms with van der Waals surface area (Å²) >= 11 is 0. The number of piperidine rings is 1. The van der Waals surface area contributed by atoms with Gasteiger partial charge in [0.15, 0.2) is 0 Å². The van der Waals surface area contributed by atoms with Crippen molar-refractivity contribution < 1.29 is 10.9 Å². The highest BCUT2D eigenvalue weighted by Crippen LogP contribution is 2.35. The number of fused-ring (bicyclic) bond motifs is 3. The molecule has 2 aromatic rings. The van der Waals surface area contributed by atoms with E-state index in [2.05, 4.69) is 16.9 Å². The number of carbonyl (C=O) groups excluding carboxylic acids is 1. The van der Waals surface area contributed by atoms with Gasteiger partial charge in [0.2, 0.25) is 0 Å². The number of aromatic nitrogens is 1. The Hall–Kier alpha value is -1.81. The molecule has 0 amide bonds. The van der Waals surface area contributed by atoms with Gasteiger partial charge in [0.1, 0.15) is 6.10 Å². The summed E-state index contributed by atoms with van der Waals surface area (Å²) in [5.41, 5.74) is 1.23. The van der Waals surface area contributed by atoms with Crippen molar-refractivity contribution in [2.75, 3.05) is 7.05 Å². The number of H-pyrrole nitrogens is 1. The minimum Gasteiger partial charge on any atom is -0.459 e. The molecule has 2 atom stereocenters. The first-order chi connectivity index (χ1) is 10.6. The van der Waals surface area contributed by atoms with E-state index in [-0.39, 0.29) is 12.1 Å². The Kier molecular flexibility index (Phi) is 2.74. The Labute approximate surface area is 125 Å². The van der Waals surface area contributed by atoms with Gasteiger partial charge in [-0.15, -0.1) is 0 Å². The van der Waals surface area contributed by atoms with Crippen molar-refractivity contribution in [2.24, 2.45) is 0 Å². The fraction of sp³-hybridized carbons (Fsp3) is 0.471. The number of esters is 1. The van der Waals surface area contributed by atoms with Crippen molar-refractivity contribution in [1.82, 2.24) is 9.88 Å². The number of nitrogens with zero attached hydrogens (tertiary/aromatic N) is 1. The van der Waals surface area contributed by atoms with Gasteiger partial charge in [0.25, 0.3) is 0 Å². The first-order valence-corrected chi connectivity index (χ1v) is 7.63. The molecule has 2 saturated heterocycles. The van der Waals surface area contributed by atoms with Crippen LogP contribution in [0.25, 0.3) is 10.9 Å². The third-order valence-electron chi connectivity index (χ3n) is 5.06. The summed E-state index contributed by atoms with van der Waals surface area (Å²) in [5, 5.41) is 0.772. The monoisotopic (exact) mass is 285 g/mol. The first-order valence-electron chi connectivity index (χ1n) is 8.13. The van der Waals surface area contributed by atoms with Gasteiger partial charge < -0.3 is 14.6 Å². The van der Waals surface area contributed by atoms with E-state index >= 15 is 0 Å². The van der Waals surface area contributed by atoms with Crippen LogP contribution in [-0.2, 0) is 4.74 Å². The Bertz CT molecular complexity index is 713. The number of hydrogen-bond acceptors (Lipinski definition) is 3. The van der Waals surface area contributed by atoms with Crippen molar-refractivity contribution in [1.29, 1.82) is 0 Å². The molecule has 4 rings (SSSR count). The molecule has 1 aromatic carbocycles. The van der Waals surface area contributed by atoms with Crippen LogP contribution in [0, 0.1) is 0 Å². The number of nitrogens with one attached hydrogen (secondary N) is 1. The number of benzene rings is 1.